The Morgan fingerprint density at radius 2 is 1.94 bits per heavy atom. The molecule has 0 aliphatic carbocycles. The van der Waals surface area contributed by atoms with Crippen LogP contribution in [0, 0.1) is 6.92 Å². The van der Waals surface area contributed by atoms with Crippen LogP contribution < -0.4 is 14.8 Å². The van der Waals surface area contributed by atoms with Crippen molar-refractivity contribution >= 4 is 23.2 Å². The van der Waals surface area contributed by atoms with Gasteiger partial charge in [0, 0.05) is 23.6 Å². The monoisotopic (exact) mass is 517 g/mol. The van der Waals surface area contributed by atoms with Crippen LogP contribution in [0.3, 0.4) is 0 Å². The number of aromatic nitrogens is 6. The molecule has 0 aliphatic heterocycles. The van der Waals surface area contributed by atoms with Gasteiger partial charge in [0.2, 0.25) is 5.95 Å². The second-order valence-electron chi connectivity index (χ2n) is 7.98. The predicted molar refractivity (Wildman–Crippen MR) is 132 cm³/mol. The number of methoxy groups -OCH3 is 1. The Labute approximate surface area is 211 Å². The highest BCUT2D eigenvalue weighted by Crippen LogP contribution is 2.31. The van der Waals surface area contributed by atoms with Gasteiger partial charge in [0.05, 0.1) is 7.11 Å². The van der Waals surface area contributed by atoms with E-state index in [9.17, 15) is 8.78 Å². The van der Waals surface area contributed by atoms with E-state index in [0.717, 1.165) is 36.2 Å². The molecule has 0 fully saturated rings. The third-order valence-electron chi connectivity index (χ3n) is 5.51. The van der Waals surface area contributed by atoms with Crippen molar-refractivity contribution < 1.29 is 18.3 Å². The molecule has 1 unspecified atom stereocenters. The molecule has 4 aromatic rings. The van der Waals surface area contributed by atoms with Gasteiger partial charge < -0.3 is 14.8 Å². The van der Waals surface area contributed by atoms with Crippen molar-refractivity contribution in [2.45, 2.75) is 38.7 Å². The number of aromatic amines is 1. The average molecular weight is 518 g/mol. The van der Waals surface area contributed by atoms with Gasteiger partial charge in [-0.3, -0.25) is 5.10 Å². The summed E-state index contributed by atoms with van der Waals surface area (Å²) in [4.78, 5) is 8.80. The van der Waals surface area contributed by atoms with Crippen molar-refractivity contribution in [1.29, 1.82) is 0 Å². The smallest absolute Gasteiger partial charge is 0.387 e. The standard InChI is InChI=1S/C24H26ClF2N7O2/c1-15-28-14-34(33-15)20-11-8-17(13-21(20)35-2)29-24-30-22(31-32-24)19(5-3-4-12-25)16-6-9-18(10-7-16)36-23(26)27/h6-11,13-14,19,23H,3-5,12H2,1-2H3,(H2,29,30,31,32). The Morgan fingerprint density at radius 3 is 2.61 bits per heavy atom. The van der Waals surface area contributed by atoms with Gasteiger partial charge in [-0.05, 0) is 49.6 Å². The third-order valence-corrected chi connectivity index (χ3v) is 5.77. The van der Waals surface area contributed by atoms with Crippen LogP contribution in [0.15, 0.2) is 48.8 Å². The number of H-pyrrole nitrogens is 1. The lowest BCUT2D eigenvalue weighted by atomic mass is 9.93. The summed E-state index contributed by atoms with van der Waals surface area (Å²) in [5, 5.41) is 14.8. The highest BCUT2D eigenvalue weighted by molar-refractivity contribution is 6.17. The second kappa shape index (κ2) is 11.8. The van der Waals surface area contributed by atoms with Crippen molar-refractivity contribution in [3.05, 3.63) is 66.0 Å². The maximum atomic E-state index is 12.5. The molecule has 0 bridgehead atoms. The maximum absolute atomic E-state index is 12.5. The summed E-state index contributed by atoms with van der Waals surface area (Å²) in [6.45, 7) is -1.06. The summed E-state index contributed by atoms with van der Waals surface area (Å²) in [6, 6.07) is 12.1. The highest BCUT2D eigenvalue weighted by Gasteiger charge is 2.19. The summed E-state index contributed by atoms with van der Waals surface area (Å²) in [5.41, 5.74) is 2.38. The van der Waals surface area contributed by atoms with Crippen molar-refractivity contribution in [2.75, 3.05) is 18.3 Å². The van der Waals surface area contributed by atoms with Gasteiger partial charge in [0.1, 0.15) is 35.2 Å². The van der Waals surface area contributed by atoms with E-state index < -0.39 is 6.61 Å². The summed E-state index contributed by atoms with van der Waals surface area (Å²) in [7, 11) is 1.58. The quantitative estimate of drug-likeness (QED) is 0.186. The molecule has 12 heteroatoms. The largest absolute Gasteiger partial charge is 0.494 e. The van der Waals surface area contributed by atoms with Gasteiger partial charge in [-0.1, -0.05) is 18.6 Å². The van der Waals surface area contributed by atoms with Gasteiger partial charge in [-0.15, -0.1) is 16.7 Å². The van der Waals surface area contributed by atoms with E-state index in [1.807, 2.05) is 25.1 Å². The zero-order chi connectivity index (χ0) is 25.5. The minimum absolute atomic E-state index is 0.103. The summed E-state index contributed by atoms with van der Waals surface area (Å²) >= 11 is 5.86. The number of hydrogen-bond donors (Lipinski definition) is 2. The van der Waals surface area contributed by atoms with E-state index in [2.05, 4.69) is 35.3 Å². The molecule has 2 aromatic heterocycles. The predicted octanol–water partition coefficient (Wildman–Crippen LogP) is 5.59. The number of anilines is 2. The van der Waals surface area contributed by atoms with Crippen LogP contribution in [0.4, 0.5) is 20.4 Å². The number of ether oxygens (including phenoxy) is 2. The van der Waals surface area contributed by atoms with E-state index >= 15 is 0 Å². The van der Waals surface area contributed by atoms with Gasteiger partial charge in [-0.25, -0.2) is 9.67 Å². The lowest BCUT2D eigenvalue weighted by Crippen LogP contribution is -2.06. The second-order valence-corrected chi connectivity index (χ2v) is 8.36. The number of nitrogens with one attached hydrogen (secondary N) is 2. The van der Waals surface area contributed by atoms with E-state index in [-0.39, 0.29) is 11.7 Å². The molecule has 0 aliphatic rings. The van der Waals surface area contributed by atoms with E-state index in [1.165, 1.54) is 12.1 Å². The fraction of sp³-hybridized carbons (Fsp3) is 0.333. The normalized spacial score (nSPS) is 12.1. The number of rotatable bonds is 12. The third kappa shape index (κ3) is 6.28. The molecule has 0 amide bonds. The first-order valence-electron chi connectivity index (χ1n) is 11.3. The SMILES string of the molecule is COc1cc(Nc2n[nH]c(C(CCCCCl)c3ccc(OC(F)F)cc3)n2)ccc1-n1cnc(C)n1. The minimum atomic E-state index is -2.87. The van der Waals surface area contributed by atoms with E-state index in [1.54, 1.807) is 30.3 Å². The molecule has 2 N–H and O–H groups in total. The molecular weight excluding hydrogens is 492 g/mol. The van der Waals surface area contributed by atoms with Crippen LogP contribution in [0.5, 0.6) is 11.5 Å². The van der Waals surface area contributed by atoms with E-state index in [0.29, 0.717) is 29.2 Å². The van der Waals surface area contributed by atoms with Crippen LogP contribution in [0.1, 0.15) is 42.4 Å². The number of benzene rings is 2. The molecule has 4 rings (SSSR count). The molecular formula is C24H26ClF2N7O2. The first kappa shape index (κ1) is 25.4. The van der Waals surface area contributed by atoms with Crippen molar-refractivity contribution in [1.82, 2.24) is 29.9 Å². The van der Waals surface area contributed by atoms with Crippen LogP contribution >= 0.6 is 11.6 Å². The first-order chi connectivity index (χ1) is 17.5. The fourth-order valence-corrected chi connectivity index (χ4v) is 4.00. The maximum Gasteiger partial charge on any atom is 0.387 e. The Morgan fingerprint density at radius 1 is 1.14 bits per heavy atom. The zero-order valence-electron chi connectivity index (χ0n) is 19.8. The van der Waals surface area contributed by atoms with Crippen molar-refractivity contribution in [2.24, 2.45) is 0 Å². The molecule has 1 atom stereocenters. The zero-order valence-corrected chi connectivity index (χ0v) is 20.5. The molecule has 2 heterocycles. The highest BCUT2D eigenvalue weighted by atomic mass is 35.5. The number of aryl methyl sites for hydroxylation is 1. The van der Waals surface area contributed by atoms with Crippen LogP contribution in [-0.2, 0) is 0 Å². The lowest BCUT2D eigenvalue weighted by Gasteiger charge is -2.15. The Kier molecular flexibility index (Phi) is 8.32. The molecule has 9 nitrogen and oxygen atoms in total. The van der Waals surface area contributed by atoms with Crippen LogP contribution in [-0.4, -0.2) is 49.5 Å². The summed E-state index contributed by atoms with van der Waals surface area (Å²) in [5.74, 6) is 2.84. The molecule has 0 radical (unpaired) electrons. The Bertz CT molecular complexity index is 1260. The van der Waals surface area contributed by atoms with Crippen LogP contribution in [0.25, 0.3) is 5.69 Å². The van der Waals surface area contributed by atoms with Crippen molar-refractivity contribution in [3.63, 3.8) is 0 Å². The molecule has 2 aromatic carbocycles. The van der Waals surface area contributed by atoms with Gasteiger partial charge in [0.15, 0.2) is 0 Å². The van der Waals surface area contributed by atoms with E-state index in [4.69, 9.17) is 16.3 Å². The lowest BCUT2D eigenvalue weighted by molar-refractivity contribution is -0.0498. The number of halogens is 3. The first-order valence-corrected chi connectivity index (χ1v) is 11.9. The molecule has 190 valence electrons. The Balaban J connectivity index is 1.53. The fourth-order valence-electron chi connectivity index (χ4n) is 3.81. The average Bonchev–Trinajstić information content (AvgIpc) is 3.51. The number of nitrogens with zero attached hydrogens (tertiary/aromatic N) is 5. The Hall–Kier alpha value is -3.73. The van der Waals surface area contributed by atoms with Crippen molar-refractivity contribution in [3.8, 4) is 17.2 Å². The van der Waals surface area contributed by atoms with Gasteiger partial charge >= 0.3 is 6.61 Å². The molecule has 0 spiro atoms. The van der Waals surface area contributed by atoms with Gasteiger partial charge in [-0.2, -0.15) is 18.9 Å². The minimum Gasteiger partial charge on any atom is -0.494 e. The summed E-state index contributed by atoms with van der Waals surface area (Å²) < 4.78 is 36.7. The topological polar surface area (TPSA) is 103 Å². The number of alkyl halides is 3. The number of unbranched alkanes of at least 4 members (excludes halogenated alkanes) is 1. The molecule has 0 saturated carbocycles. The van der Waals surface area contributed by atoms with Crippen LogP contribution in [0.2, 0.25) is 0 Å². The molecule has 0 saturated heterocycles. The summed E-state index contributed by atoms with van der Waals surface area (Å²) in [6.07, 6.45) is 4.10. The number of hydrogen-bond acceptors (Lipinski definition) is 7. The van der Waals surface area contributed by atoms with Gasteiger partial charge in [0.25, 0.3) is 0 Å². The molecule has 36 heavy (non-hydrogen) atoms.